The smallest absolute Gasteiger partial charge is 0.309 e. The number of alkyl halides is 3. The molecule has 0 unspecified atom stereocenters. The van der Waals surface area contributed by atoms with Gasteiger partial charge in [0.2, 0.25) is 0 Å². The van der Waals surface area contributed by atoms with Gasteiger partial charge in [-0.25, -0.2) is 0 Å². The average molecular weight is 150 g/mol. The largest absolute Gasteiger partial charge is 0.412 e. The Balaban J connectivity index is 2.62. The van der Waals surface area contributed by atoms with Gasteiger partial charge in [-0.15, -0.1) is 0 Å². The lowest BCUT2D eigenvalue weighted by atomic mass is 10.1. The van der Waals surface area contributed by atoms with Gasteiger partial charge in [0, 0.05) is 18.7 Å². The third kappa shape index (κ3) is 1.73. The van der Waals surface area contributed by atoms with Gasteiger partial charge in [0.05, 0.1) is 0 Å². The predicted molar refractivity (Wildman–Crippen MR) is 31.1 cm³/mol. The van der Waals surface area contributed by atoms with E-state index in [-0.39, 0.29) is 13.0 Å². The summed E-state index contributed by atoms with van der Waals surface area (Å²) in [5, 5.41) is 2.69. The molecule has 57 valence electrons. The molecule has 0 aromatic carbocycles. The standard InChI is InChI=1S/C6H7F3N/c7-6(8,9)5-1-3-10-4-2-5/h1,4,10H,2-3H2. The third-order valence-electron chi connectivity index (χ3n) is 1.30. The van der Waals surface area contributed by atoms with Crippen LogP contribution >= 0.6 is 0 Å². The summed E-state index contributed by atoms with van der Waals surface area (Å²) in [6.07, 6.45) is -3.00. The summed E-state index contributed by atoms with van der Waals surface area (Å²) >= 11 is 0. The molecule has 1 N–H and O–H groups in total. The van der Waals surface area contributed by atoms with Gasteiger partial charge in [-0.2, -0.15) is 13.2 Å². The van der Waals surface area contributed by atoms with Crippen molar-refractivity contribution in [1.29, 1.82) is 0 Å². The second kappa shape index (κ2) is 2.62. The van der Waals surface area contributed by atoms with Crippen LogP contribution in [0.3, 0.4) is 0 Å². The number of hydrogen-bond acceptors (Lipinski definition) is 1. The molecule has 0 saturated heterocycles. The van der Waals surface area contributed by atoms with Gasteiger partial charge in [-0.05, 0) is 6.42 Å². The molecule has 0 aromatic heterocycles. The lowest BCUT2D eigenvalue weighted by Crippen LogP contribution is -2.22. The Morgan fingerprint density at radius 3 is 2.40 bits per heavy atom. The molecule has 0 saturated carbocycles. The highest BCUT2D eigenvalue weighted by atomic mass is 19.4. The molecule has 1 aliphatic heterocycles. The maximum absolute atomic E-state index is 11.8. The van der Waals surface area contributed by atoms with Crippen molar-refractivity contribution >= 4 is 0 Å². The van der Waals surface area contributed by atoms with E-state index in [0.717, 1.165) is 0 Å². The van der Waals surface area contributed by atoms with Crippen molar-refractivity contribution in [3.05, 3.63) is 18.2 Å². The van der Waals surface area contributed by atoms with Gasteiger partial charge in [0.1, 0.15) is 0 Å². The molecule has 1 heterocycles. The van der Waals surface area contributed by atoms with Gasteiger partial charge in [-0.3, -0.25) is 0 Å². The van der Waals surface area contributed by atoms with Crippen LogP contribution < -0.4 is 5.32 Å². The fraction of sp³-hybridized carbons (Fsp3) is 0.500. The van der Waals surface area contributed by atoms with Gasteiger partial charge in [0.25, 0.3) is 0 Å². The first-order valence-corrected chi connectivity index (χ1v) is 2.92. The van der Waals surface area contributed by atoms with Crippen LogP contribution in [0.1, 0.15) is 6.42 Å². The molecule has 10 heavy (non-hydrogen) atoms. The molecule has 0 atom stereocenters. The van der Waals surface area contributed by atoms with Gasteiger partial charge < -0.3 is 5.32 Å². The maximum Gasteiger partial charge on any atom is 0.412 e. The van der Waals surface area contributed by atoms with E-state index in [9.17, 15) is 13.2 Å². The molecule has 1 nitrogen and oxygen atoms in total. The molecule has 1 rings (SSSR count). The van der Waals surface area contributed by atoms with Crippen LogP contribution in [0.15, 0.2) is 11.6 Å². The van der Waals surface area contributed by atoms with E-state index in [1.807, 2.05) is 0 Å². The first-order valence-electron chi connectivity index (χ1n) is 2.92. The van der Waals surface area contributed by atoms with E-state index in [4.69, 9.17) is 0 Å². The Labute approximate surface area is 56.9 Å². The summed E-state index contributed by atoms with van der Waals surface area (Å²) < 4.78 is 35.5. The molecule has 0 aromatic rings. The molecule has 0 aliphatic carbocycles. The van der Waals surface area contributed by atoms with Crippen molar-refractivity contribution in [2.75, 3.05) is 6.54 Å². The van der Waals surface area contributed by atoms with Crippen LogP contribution in [-0.4, -0.2) is 12.7 Å². The average Bonchev–Trinajstić information content (AvgIpc) is 1.88. The molecule has 1 aliphatic rings. The molecule has 1 radical (unpaired) electrons. The second-order valence-corrected chi connectivity index (χ2v) is 2.04. The van der Waals surface area contributed by atoms with E-state index in [1.165, 1.54) is 12.6 Å². The van der Waals surface area contributed by atoms with E-state index in [0.29, 0.717) is 0 Å². The number of nitrogens with one attached hydrogen (secondary N) is 1. The van der Waals surface area contributed by atoms with Crippen molar-refractivity contribution in [3.8, 4) is 0 Å². The summed E-state index contributed by atoms with van der Waals surface area (Å²) in [6.45, 7) is 1.71. The fourth-order valence-electron chi connectivity index (χ4n) is 0.762. The predicted octanol–water partition coefficient (Wildman–Crippen LogP) is 1.63. The molecule has 4 heteroatoms. The van der Waals surface area contributed by atoms with Crippen molar-refractivity contribution in [2.24, 2.45) is 0 Å². The van der Waals surface area contributed by atoms with Gasteiger partial charge >= 0.3 is 6.18 Å². The molecule has 0 spiro atoms. The second-order valence-electron chi connectivity index (χ2n) is 2.04. The minimum absolute atomic E-state index is 0.0243. The van der Waals surface area contributed by atoms with Crippen molar-refractivity contribution in [2.45, 2.75) is 12.6 Å². The Morgan fingerprint density at radius 1 is 1.40 bits per heavy atom. The van der Waals surface area contributed by atoms with Crippen LogP contribution in [0.25, 0.3) is 0 Å². The highest BCUT2D eigenvalue weighted by molar-refractivity contribution is 5.14. The van der Waals surface area contributed by atoms with Crippen LogP contribution in [0, 0.1) is 6.54 Å². The zero-order valence-corrected chi connectivity index (χ0v) is 5.20. The Kier molecular flexibility index (Phi) is 1.99. The zero-order chi connectivity index (χ0) is 7.61. The SMILES string of the molecule is FC(F)(F)C1=CCN[CH]C1. The van der Waals surface area contributed by atoms with Gasteiger partial charge in [0.15, 0.2) is 0 Å². The monoisotopic (exact) mass is 150 g/mol. The number of halogens is 3. The fourth-order valence-corrected chi connectivity index (χ4v) is 0.762. The lowest BCUT2D eigenvalue weighted by molar-refractivity contribution is -0.0940. The lowest BCUT2D eigenvalue weighted by Gasteiger charge is -2.15. The van der Waals surface area contributed by atoms with E-state index >= 15 is 0 Å². The van der Waals surface area contributed by atoms with Crippen molar-refractivity contribution in [3.63, 3.8) is 0 Å². The van der Waals surface area contributed by atoms with Crippen molar-refractivity contribution < 1.29 is 13.2 Å². The van der Waals surface area contributed by atoms with Crippen LogP contribution in [0.4, 0.5) is 13.2 Å². The minimum Gasteiger partial charge on any atom is -0.309 e. The zero-order valence-electron chi connectivity index (χ0n) is 5.20. The molecule has 0 fully saturated rings. The topological polar surface area (TPSA) is 12.0 Å². The highest BCUT2D eigenvalue weighted by Gasteiger charge is 2.33. The number of hydrogen-bond donors (Lipinski definition) is 1. The first kappa shape index (κ1) is 7.60. The summed E-state index contributed by atoms with van der Waals surface area (Å²) in [6, 6.07) is 0. The van der Waals surface area contributed by atoms with E-state index < -0.39 is 11.7 Å². The minimum atomic E-state index is -4.14. The molecule has 0 bridgehead atoms. The molecular formula is C6H7F3N. The third-order valence-corrected chi connectivity index (χ3v) is 1.30. The Hall–Kier alpha value is -0.510. The van der Waals surface area contributed by atoms with Crippen molar-refractivity contribution in [1.82, 2.24) is 5.32 Å². The van der Waals surface area contributed by atoms with Crippen LogP contribution in [-0.2, 0) is 0 Å². The summed E-state index contributed by atoms with van der Waals surface area (Å²) in [4.78, 5) is 0. The normalized spacial score (nSPS) is 20.5. The highest BCUT2D eigenvalue weighted by Crippen LogP contribution is 2.29. The quantitative estimate of drug-likeness (QED) is 0.517. The molecular weight excluding hydrogens is 143 g/mol. The Morgan fingerprint density at radius 2 is 2.10 bits per heavy atom. The molecule has 0 amide bonds. The van der Waals surface area contributed by atoms with Crippen LogP contribution in [0.5, 0.6) is 0 Å². The van der Waals surface area contributed by atoms with E-state index in [1.54, 1.807) is 0 Å². The Bertz CT molecular complexity index is 148. The van der Waals surface area contributed by atoms with Gasteiger partial charge in [-0.1, -0.05) is 6.08 Å². The maximum atomic E-state index is 11.8. The number of rotatable bonds is 0. The van der Waals surface area contributed by atoms with Crippen LogP contribution in [0.2, 0.25) is 0 Å². The van der Waals surface area contributed by atoms with E-state index in [2.05, 4.69) is 5.32 Å². The summed E-state index contributed by atoms with van der Waals surface area (Å²) in [5.74, 6) is 0. The summed E-state index contributed by atoms with van der Waals surface area (Å²) in [7, 11) is 0. The summed E-state index contributed by atoms with van der Waals surface area (Å²) in [5.41, 5.74) is -0.453. The first-order chi connectivity index (χ1) is 4.61.